The average Bonchev–Trinajstić information content (AvgIpc) is 2.30. The number of allylic oxidation sites excluding steroid dienone is 1. The lowest BCUT2D eigenvalue weighted by molar-refractivity contribution is -0.138. The summed E-state index contributed by atoms with van der Waals surface area (Å²) in [6.07, 6.45) is -0.120. The Hall–Kier alpha value is -1.03. The number of carbonyl (C=O) groups is 2. The molecular weight excluding hydrogens is 196 g/mol. The largest absolute Gasteiger partial charge is 0.481 e. The second-order valence-electron chi connectivity index (χ2n) is 2.84. The van der Waals surface area contributed by atoms with Crippen molar-refractivity contribution in [3.8, 4) is 0 Å². The zero-order valence-corrected chi connectivity index (χ0v) is 7.80. The molecule has 0 aromatic rings. The van der Waals surface area contributed by atoms with Gasteiger partial charge in [0.1, 0.15) is 0 Å². The van der Waals surface area contributed by atoms with E-state index in [2.05, 4.69) is 0 Å². The zero-order chi connectivity index (χ0) is 10.0. The standard InChI is InChI=1S/C8H9ClO4/c1-4(9)7-5(2-6(10)11)3-13-8(7)12/h5H,2-3H2,1H3,(H,10,11). The van der Waals surface area contributed by atoms with E-state index in [-0.39, 0.29) is 13.0 Å². The van der Waals surface area contributed by atoms with Crippen LogP contribution < -0.4 is 0 Å². The van der Waals surface area contributed by atoms with Crippen LogP contribution in [0.2, 0.25) is 0 Å². The molecular formula is C8H9ClO4. The van der Waals surface area contributed by atoms with Crippen molar-refractivity contribution in [3.05, 3.63) is 10.6 Å². The van der Waals surface area contributed by atoms with Crippen molar-refractivity contribution in [3.63, 3.8) is 0 Å². The fourth-order valence-electron chi connectivity index (χ4n) is 1.30. The van der Waals surface area contributed by atoms with Gasteiger partial charge >= 0.3 is 11.9 Å². The van der Waals surface area contributed by atoms with E-state index in [4.69, 9.17) is 21.4 Å². The van der Waals surface area contributed by atoms with Crippen LogP contribution in [0.5, 0.6) is 0 Å². The molecule has 13 heavy (non-hydrogen) atoms. The number of aliphatic carboxylic acids is 1. The van der Waals surface area contributed by atoms with Crippen LogP contribution in [0.4, 0.5) is 0 Å². The van der Waals surface area contributed by atoms with E-state index in [1.54, 1.807) is 6.92 Å². The molecule has 0 aromatic carbocycles. The minimum Gasteiger partial charge on any atom is -0.481 e. The van der Waals surface area contributed by atoms with Gasteiger partial charge in [-0.2, -0.15) is 0 Å². The van der Waals surface area contributed by atoms with Crippen molar-refractivity contribution in [1.29, 1.82) is 0 Å². The van der Waals surface area contributed by atoms with Crippen LogP contribution in [-0.4, -0.2) is 23.7 Å². The Morgan fingerprint density at radius 3 is 2.85 bits per heavy atom. The molecule has 1 heterocycles. The number of carboxylic acids is 1. The van der Waals surface area contributed by atoms with E-state index in [9.17, 15) is 9.59 Å². The summed E-state index contributed by atoms with van der Waals surface area (Å²) in [6, 6.07) is 0. The molecule has 4 nitrogen and oxygen atoms in total. The van der Waals surface area contributed by atoms with Crippen LogP contribution in [0.15, 0.2) is 10.6 Å². The number of hydrogen-bond acceptors (Lipinski definition) is 3. The predicted octanol–water partition coefficient (Wildman–Crippen LogP) is 1.15. The van der Waals surface area contributed by atoms with Crippen molar-refractivity contribution in [2.45, 2.75) is 13.3 Å². The molecule has 1 saturated heterocycles. The zero-order valence-electron chi connectivity index (χ0n) is 7.04. The van der Waals surface area contributed by atoms with Crippen LogP contribution in [0.25, 0.3) is 0 Å². The summed E-state index contributed by atoms with van der Waals surface area (Å²) in [6.45, 7) is 1.67. The Kier molecular flexibility index (Phi) is 2.93. The summed E-state index contributed by atoms with van der Waals surface area (Å²) >= 11 is 5.64. The maximum atomic E-state index is 11.1. The van der Waals surface area contributed by atoms with Gasteiger partial charge in [0, 0.05) is 11.0 Å². The maximum Gasteiger partial charge on any atom is 0.335 e. The van der Waals surface area contributed by atoms with Crippen LogP contribution in [0.1, 0.15) is 13.3 Å². The van der Waals surface area contributed by atoms with Crippen LogP contribution in [0, 0.1) is 5.92 Å². The molecule has 0 aromatic heterocycles. The van der Waals surface area contributed by atoms with Gasteiger partial charge in [-0.3, -0.25) is 4.79 Å². The number of ether oxygens (including phenoxy) is 1. The predicted molar refractivity (Wildman–Crippen MR) is 45.3 cm³/mol. The van der Waals surface area contributed by atoms with Gasteiger partial charge in [-0.25, -0.2) is 4.79 Å². The van der Waals surface area contributed by atoms with E-state index in [1.165, 1.54) is 0 Å². The first-order valence-corrected chi connectivity index (χ1v) is 4.15. The summed E-state index contributed by atoms with van der Waals surface area (Å²) in [5.74, 6) is -1.86. The van der Waals surface area contributed by atoms with Crippen molar-refractivity contribution >= 4 is 23.5 Å². The first kappa shape index (κ1) is 10.1. The van der Waals surface area contributed by atoms with E-state index >= 15 is 0 Å². The molecule has 0 saturated carbocycles. The van der Waals surface area contributed by atoms with Gasteiger partial charge in [-0.1, -0.05) is 11.6 Å². The van der Waals surface area contributed by atoms with E-state index < -0.39 is 17.9 Å². The van der Waals surface area contributed by atoms with Crippen molar-refractivity contribution in [2.24, 2.45) is 5.92 Å². The van der Waals surface area contributed by atoms with E-state index in [1.807, 2.05) is 0 Å². The van der Waals surface area contributed by atoms with Gasteiger partial charge in [0.2, 0.25) is 0 Å². The molecule has 1 rings (SSSR count). The van der Waals surface area contributed by atoms with Crippen LogP contribution in [0.3, 0.4) is 0 Å². The van der Waals surface area contributed by atoms with Gasteiger partial charge in [0.25, 0.3) is 0 Å². The second-order valence-corrected chi connectivity index (χ2v) is 3.41. The Morgan fingerprint density at radius 1 is 1.77 bits per heavy atom. The lowest BCUT2D eigenvalue weighted by Gasteiger charge is -2.03. The monoisotopic (exact) mass is 204 g/mol. The van der Waals surface area contributed by atoms with Gasteiger partial charge < -0.3 is 9.84 Å². The SMILES string of the molecule is CC(Cl)=C1C(=O)OCC1CC(=O)O. The number of halogens is 1. The lowest BCUT2D eigenvalue weighted by Crippen LogP contribution is -2.10. The topological polar surface area (TPSA) is 63.6 Å². The number of esters is 1. The number of carboxylic acid groups (broad SMARTS) is 1. The first-order valence-electron chi connectivity index (χ1n) is 3.77. The number of hydrogen-bond donors (Lipinski definition) is 1. The highest BCUT2D eigenvalue weighted by atomic mass is 35.5. The molecule has 0 amide bonds. The number of carbonyl (C=O) groups excluding carboxylic acids is 1. The Balaban J connectivity index is 2.83. The molecule has 1 N–H and O–H groups in total. The minimum atomic E-state index is -0.960. The van der Waals surface area contributed by atoms with Gasteiger partial charge in [-0.15, -0.1) is 0 Å². The smallest absolute Gasteiger partial charge is 0.335 e. The summed E-state index contributed by atoms with van der Waals surface area (Å²) in [7, 11) is 0. The van der Waals surface area contributed by atoms with Gasteiger partial charge in [0.05, 0.1) is 18.6 Å². The minimum absolute atomic E-state index is 0.116. The van der Waals surface area contributed by atoms with Crippen molar-refractivity contribution in [1.82, 2.24) is 0 Å². The molecule has 0 aliphatic carbocycles. The first-order chi connectivity index (χ1) is 6.02. The molecule has 0 radical (unpaired) electrons. The summed E-state index contributed by atoms with van der Waals surface area (Å²) in [4.78, 5) is 21.4. The van der Waals surface area contributed by atoms with Crippen molar-refractivity contribution < 1.29 is 19.4 Å². The Morgan fingerprint density at radius 2 is 2.38 bits per heavy atom. The van der Waals surface area contributed by atoms with Gasteiger partial charge in [0.15, 0.2) is 0 Å². The summed E-state index contributed by atoms with van der Waals surface area (Å²) < 4.78 is 4.70. The molecule has 0 bridgehead atoms. The molecule has 1 atom stereocenters. The number of rotatable bonds is 2. The molecule has 5 heteroatoms. The van der Waals surface area contributed by atoms with E-state index in [0.717, 1.165) is 0 Å². The Labute approximate surface area is 80.1 Å². The third kappa shape index (κ3) is 2.21. The second kappa shape index (κ2) is 3.79. The third-order valence-electron chi connectivity index (χ3n) is 1.84. The lowest BCUT2D eigenvalue weighted by atomic mass is 9.99. The fourth-order valence-corrected chi connectivity index (χ4v) is 1.53. The molecule has 0 spiro atoms. The normalized spacial score (nSPS) is 25.7. The Bertz CT molecular complexity index is 278. The fraction of sp³-hybridized carbons (Fsp3) is 0.500. The molecule has 1 aliphatic heterocycles. The molecule has 1 aliphatic rings. The van der Waals surface area contributed by atoms with Crippen molar-refractivity contribution in [2.75, 3.05) is 6.61 Å². The van der Waals surface area contributed by atoms with Gasteiger partial charge in [-0.05, 0) is 6.92 Å². The highest BCUT2D eigenvalue weighted by molar-refractivity contribution is 6.31. The third-order valence-corrected chi connectivity index (χ3v) is 2.04. The molecule has 1 unspecified atom stereocenters. The molecule has 72 valence electrons. The average molecular weight is 205 g/mol. The highest BCUT2D eigenvalue weighted by Gasteiger charge is 2.33. The highest BCUT2D eigenvalue weighted by Crippen LogP contribution is 2.28. The summed E-state index contributed by atoms with van der Waals surface area (Å²) in [5, 5.41) is 8.84. The maximum absolute atomic E-state index is 11.1. The van der Waals surface area contributed by atoms with E-state index in [0.29, 0.717) is 10.6 Å². The summed E-state index contributed by atoms with van der Waals surface area (Å²) in [5.41, 5.74) is 0.295. The quantitative estimate of drug-likeness (QED) is 0.541. The molecule has 1 fully saturated rings. The van der Waals surface area contributed by atoms with Crippen LogP contribution >= 0.6 is 11.6 Å². The number of cyclic esters (lactones) is 1. The van der Waals surface area contributed by atoms with Crippen LogP contribution in [-0.2, 0) is 14.3 Å².